The number of ether oxygens (including phenoxy) is 1. The molecule has 0 aliphatic rings. The Bertz CT molecular complexity index is 577. The molecule has 2 N–H and O–H groups in total. The van der Waals surface area contributed by atoms with Crippen LogP contribution in [0, 0.1) is 0 Å². The number of amides is 3. The van der Waals surface area contributed by atoms with E-state index in [0.717, 1.165) is 13.0 Å². The van der Waals surface area contributed by atoms with Crippen LogP contribution in [0.2, 0.25) is 0 Å². The van der Waals surface area contributed by atoms with Crippen LogP contribution in [0.15, 0.2) is 12.7 Å². The predicted molar refractivity (Wildman–Crippen MR) is 120 cm³/mol. The number of nitrogens with zero attached hydrogens (tertiary/aromatic N) is 3. The lowest BCUT2D eigenvalue weighted by atomic mass is 9.96. The highest BCUT2D eigenvalue weighted by Crippen LogP contribution is 2.21. The van der Waals surface area contributed by atoms with Gasteiger partial charge in [-0.3, -0.25) is 14.4 Å². The second-order valence-electron chi connectivity index (χ2n) is 8.65. The molecular weight excluding hydrogens is 384 g/mol. The summed E-state index contributed by atoms with van der Waals surface area (Å²) in [5, 5.41) is 0. The maximum Gasteiger partial charge on any atom is 0.245 e. The highest BCUT2D eigenvalue weighted by molar-refractivity contribution is 5.91. The van der Waals surface area contributed by atoms with E-state index in [-0.39, 0.29) is 18.2 Å². The van der Waals surface area contributed by atoms with Gasteiger partial charge in [0.2, 0.25) is 17.7 Å². The number of likely N-dealkylation sites (N-methyl/N-ethyl adjacent to an activating group) is 2. The van der Waals surface area contributed by atoms with E-state index in [1.807, 2.05) is 39.8 Å². The van der Waals surface area contributed by atoms with Crippen LogP contribution in [0.5, 0.6) is 0 Å². The van der Waals surface area contributed by atoms with Gasteiger partial charge < -0.3 is 25.2 Å². The molecule has 0 heterocycles. The van der Waals surface area contributed by atoms with Crippen molar-refractivity contribution in [1.82, 2.24) is 14.7 Å². The number of nitrogens with two attached hydrogens (primary N) is 1. The van der Waals surface area contributed by atoms with Crippen LogP contribution in [0.4, 0.5) is 0 Å². The molecule has 0 aromatic rings. The van der Waals surface area contributed by atoms with E-state index in [1.54, 1.807) is 20.2 Å². The van der Waals surface area contributed by atoms with Crippen molar-refractivity contribution in [3.63, 3.8) is 0 Å². The maximum atomic E-state index is 13.4. The zero-order valence-electron chi connectivity index (χ0n) is 19.9. The minimum absolute atomic E-state index is 0.0839. The Hall–Kier alpha value is -1.93. The molecule has 0 aromatic heterocycles. The van der Waals surface area contributed by atoms with Crippen LogP contribution < -0.4 is 5.73 Å². The van der Waals surface area contributed by atoms with Gasteiger partial charge in [-0.15, -0.1) is 6.58 Å². The number of carbonyl (C=O) groups excluding carboxylic acids is 3. The third kappa shape index (κ3) is 9.71. The fourth-order valence-corrected chi connectivity index (χ4v) is 3.27. The van der Waals surface area contributed by atoms with E-state index in [4.69, 9.17) is 10.5 Å². The predicted octanol–water partition coefficient (Wildman–Crippen LogP) is 1.64. The third-order valence-electron chi connectivity index (χ3n) is 5.11. The zero-order chi connectivity index (χ0) is 23.5. The summed E-state index contributed by atoms with van der Waals surface area (Å²) in [5.41, 5.74) is 4.97. The lowest BCUT2D eigenvalue weighted by Gasteiger charge is -2.37. The lowest BCUT2D eigenvalue weighted by molar-refractivity contribution is -0.149. The molecule has 0 radical (unpaired) electrons. The SMILES string of the molecule is C=CCOC(C)(C)C[C@@H](C(N)=O)N(C)C(=O)[C@@H](CCCN(C)C)N(C)C(=O)CCC. The first-order valence-corrected chi connectivity index (χ1v) is 10.6. The maximum absolute atomic E-state index is 13.4. The van der Waals surface area contributed by atoms with Gasteiger partial charge in [0.05, 0.1) is 12.2 Å². The summed E-state index contributed by atoms with van der Waals surface area (Å²) in [6, 6.07) is -1.49. The van der Waals surface area contributed by atoms with Gasteiger partial charge in [-0.2, -0.15) is 0 Å². The molecular formula is C22H42N4O4. The molecule has 0 saturated heterocycles. The average Bonchev–Trinajstić information content (AvgIpc) is 2.66. The smallest absolute Gasteiger partial charge is 0.245 e. The van der Waals surface area contributed by atoms with E-state index < -0.39 is 23.6 Å². The Morgan fingerprint density at radius 2 is 1.70 bits per heavy atom. The molecule has 3 amide bonds. The Morgan fingerprint density at radius 1 is 1.10 bits per heavy atom. The molecule has 0 aromatic carbocycles. The summed E-state index contributed by atoms with van der Waals surface area (Å²) in [6.45, 7) is 10.4. The largest absolute Gasteiger partial charge is 0.371 e. The second-order valence-corrected chi connectivity index (χ2v) is 8.65. The molecule has 30 heavy (non-hydrogen) atoms. The van der Waals surface area contributed by atoms with Gasteiger partial charge in [0.1, 0.15) is 12.1 Å². The van der Waals surface area contributed by atoms with Crippen LogP contribution in [-0.4, -0.2) is 91.4 Å². The topological polar surface area (TPSA) is 96.2 Å². The van der Waals surface area contributed by atoms with Crippen LogP contribution in [0.3, 0.4) is 0 Å². The summed E-state index contributed by atoms with van der Waals surface area (Å²) >= 11 is 0. The minimum atomic E-state index is -0.844. The molecule has 8 heteroatoms. The van der Waals surface area contributed by atoms with E-state index in [9.17, 15) is 14.4 Å². The molecule has 8 nitrogen and oxygen atoms in total. The van der Waals surface area contributed by atoms with Gasteiger partial charge in [0.25, 0.3) is 0 Å². The quantitative estimate of drug-likeness (QED) is 0.402. The van der Waals surface area contributed by atoms with Crippen LogP contribution in [0.25, 0.3) is 0 Å². The lowest BCUT2D eigenvalue weighted by Crippen LogP contribution is -2.55. The number of rotatable bonds is 15. The highest BCUT2D eigenvalue weighted by atomic mass is 16.5. The summed E-state index contributed by atoms with van der Waals surface area (Å²) in [7, 11) is 7.14. The van der Waals surface area contributed by atoms with Crippen LogP contribution in [-0.2, 0) is 19.1 Å². The molecule has 0 saturated carbocycles. The Labute approximate surface area is 182 Å². The van der Waals surface area contributed by atoms with Gasteiger partial charge in [0.15, 0.2) is 0 Å². The number of hydrogen-bond donors (Lipinski definition) is 1. The van der Waals surface area contributed by atoms with Crippen LogP contribution >= 0.6 is 0 Å². The molecule has 0 aliphatic heterocycles. The minimum Gasteiger partial charge on any atom is -0.371 e. The van der Waals surface area contributed by atoms with Gasteiger partial charge in [-0.05, 0) is 53.8 Å². The molecule has 0 bridgehead atoms. The Morgan fingerprint density at radius 3 is 2.17 bits per heavy atom. The standard InChI is InChI=1S/C22H42N4O4/c1-9-12-19(27)25(7)17(13-11-14-24(5)6)21(29)26(8)18(20(23)28)16-22(3,4)30-15-10-2/h10,17-18H,2,9,11-16H2,1,3-8H3,(H2,23,28)/t17-,18+/m1/s1. The normalized spacial score (nSPS) is 13.6. The highest BCUT2D eigenvalue weighted by Gasteiger charge is 2.36. The summed E-state index contributed by atoms with van der Waals surface area (Å²) in [6.07, 6.45) is 4.21. The summed E-state index contributed by atoms with van der Waals surface area (Å²) in [5.74, 6) is -0.973. The van der Waals surface area contributed by atoms with Crippen LogP contribution in [0.1, 0.15) is 52.9 Å². The second kappa shape index (κ2) is 13.4. The Kier molecular flexibility index (Phi) is 12.5. The molecule has 0 unspecified atom stereocenters. The van der Waals surface area contributed by atoms with Gasteiger partial charge >= 0.3 is 0 Å². The van der Waals surface area contributed by atoms with E-state index in [2.05, 4.69) is 6.58 Å². The molecule has 0 aliphatic carbocycles. The average molecular weight is 427 g/mol. The number of hydrogen-bond acceptors (Lipinski definition) is 5. The van der Waals surface area contributed by atoms with Crippen molar-refractivity contribution in [2.75, 3.05) is 41.3 Å². The van der Waals surface area contributed by atoms with Crippen molar-refractivity contribution < 1.29 is 19.1 Å². The van der Waals surface area contributed by atoms with E-state index in [1.165, 1.54) is 9.80 Å². The van der Waals surface area contributed by atoms with E-state index in [0.29, 0.717) is 25.9 Å². The Balaban J connectivity index is 5.58. The summed E-state index contributed by atoms with van der Waals surface area (Å²) in [4.78, 5) is 43.0. The fourth-order valence-electron chi connectivity index (χ4n) is 3.27. The van der Waals surface area contributed by atoms with Gasteiger partial charge in [-0.1, -0.05) is 13.0 Å². The van der Waals surface area contributed by atoms with Gasteiger partial charge in [-0.25, -0.2) is 0 Å². The van der Waals surface area contributed by atoms with Crippen molar-refractivity contribution in [2.24, 2.45) is 5.73 Å². The molecule has 2 atom stereocenters. The number of primary amides is 1. The monoisotopic (exact) mass is 426 g/mol. The van der Waals surface area contributed by atoms with Gasteiger partial charge in [0, 0.05) is 26.9 Å². The van der Waals surface area contributed by atoms with Crippen molar-refractivity contribution in [3.05, 3.63) is 12.7 Å². The zero-order valence-corrected chi connectivity index (χ0v) is 19.9. The first-order chi connectivity index (χ1) is 13.9. The van der Waals surface area contributed by atoms with Crippen molar-refractivity contribution in [2.45, 2.75) is 70.6 Å². The summed E-state index contributed by atoms with van der Waals surface area (Å²) < 4.78 is 5.72. The van der Waals surface area contributed by atoms with Crippen molar-refractivity contribution in [1.29, 1.82) is 0 Å². The molecule has 0 spiro atoms. The van der Waals surface area contributed by atoms with Crippen molar-refractivity contribution >= 4 is 17.7 Å². The molecule has 0 fully saturated rings. The fraction of sp³-hybridized carbons (Fsp3) is 0.773. The first kappa shape index (κ1) is 28.1. The third-order valence-corrected chi connectivity index (χ3v) is 5.11. The van der Waals surface area contributed by atoms with Crippen molar-refractivity contribution in [3.8, 4) is 0 Å². The molecule has 174 valence electrons. The first-order valence-electron chi connectivity index (χ1n) is 10.6. The number of carbonyl (C=O) groups is 3. The van der Waals surface area contributed by atoms with E-state index >= 15 is 0 Å². The molecule has 0 rings (SSSR count).